The number of rotatable bonds is 10. The molecule has 0 aromatic rings. The minimum Gasteiger partial charge on any atom is -0.453 e. The van der Waals surface area contributed by atoms with Gasteiger partial charge < -0.3 is 20.0 Å². The van der Waals surface area contributed by atoms with Crippen LogP contribution in [-0.2, 0) is 28.3 Å². The van der Waals surface area contributed by atoms with Crippen LogP contribution in [0.5, 0.6) is 0 Å². The summed E-state index contributed by atoms with van der Waals surface area (Å²) >= 11 is 0.661. The van der Waals surface area contributed by atoms with Gasteiger partial charge in [-0.05, 0) is 25.4 Å². The highest BCUT2D eigenvalue weighted by Gasteiger charge is 2.61. The van der Waals surface area contributed by atoms with Gasteiger partial charge in [0.2, 0.25) is 5.91 Å². The van der Waals surface area contributed by atoms with E-state index in [-0.39, 0.29) is 12.5 Å². The Labute approximate surface area is 188 Å². The Hall–Kier alpha value is -2.07. The number of ether oxygens (including phenoxy) is 1. The van der Waals surface area contributed by atoms with Gasteiger partial charge in [0.15, 0.2) is 14.2 Å². The molecule has 31 heavy (non-hydrogen) atoms. The van der Waals surface area contributed by atoms with E-state index < -0.39 is 59.8 Å². The van der Waals surface area contributed by atoms with E-state index in [9.17, 15) is 24.7 Å². The molecule has 1 amide bonds. The third-order valence-electron chi connectivity index (χ3n) is 5.25. The molecule has 0 saturated carbocycles. The molecule has 1 heterocycles. The molecule has 0 bridgehead atoms. The lowest BCUT2D eigenvalue weighted by atomic mass is 9.63. The molecule has 1 aliphatic heterocycles. The third-order valence-corrected chi connectivity index (χ3v) is 7.30. The number of nitrogens with one attached hydrogen (secondary N) is 1. The smallest absolute Gasteiger partial charge is 0.442 e. The van der Waals surface area contributed by atoms with Crippen LogP contribution < -0.4 is 5.32 Å². The third kappa shape index (κ3) is 6.00. The molecule has 1 aliphatic rings. The quantitative estimate of drug-likeness (QED) is 0.0749. The summed E-state index contributed by atoms with van der Waals surface area (Å²) < 4.78 is 11.1. The minimum atomic E-state index is -1.61. The number of nitrogens with zero attached hydrogens (tertiary/aromatic N) is 2. The fourth-order valence-corrected chi connectivity index (χ4v) is 5.88. The van der Waals surface area contributed by atoms with Crippen molar-refractivity contribution in [1.29, 1.82) is 0 Å². The van der Waals surface area contributed by atoms with Gasteiger partial charge in [-0.25, -0.2) is 4.79 Å². The van der Waals surface area contributed by atoms with Gasteiger partial charge in [0.25, 0.3) is 5.78 Å². The van der Waals surface area contributed by atoms with Crippen LogP contribution in [0.3, 0.4) is 0 Å². The molecule has 0 aromatic carbocycles. The predicted molar refractivity (Wildman–Crippen MR) is 120 cm³/mol. The van der Waals surface area contributed by atoms with Gasteiger partial charge in [-0.1, -0.05) is 45.2 Å². The molecule has 1 fully saturated rings. The van der Waals surface area contributed by atoms with Crippen molar-refractivity contribution in [3.63, 3.8) is 0 Å². The van der Waals surface area contributed by atoms with Crippen LogP contribution in [0.25, 0.3) is 5.53 Å². The summed E-state index contributed by atoms with van der Waals surface area (Å²) in [6.07, 6.45) is 1.29. The van der Waals surface area contributed by atoms with Gasteiger partial charge in [-0.2, -0.15) is 4.79 Å². The maximum atomic E-state index is 13.1. The highest BCUT2D eigenvalue weighted by Crippen LogP contribution is 2.46. The monoisotopic (exact) mass is 469 g/mol. The van der Waals surface area contributed by atoms with Crippen molar-refractivity contribution in [3.8, 4) is 0 Å². The number of amides is 1. The fourth-order valence-electron chi connectivity index (χ4n) is 3.45. The van der Waals surface area contributed by atoms with Crippen LogP contribution in [0.2, 0.25) is 13.1 Å². The molecule has 0 aliphatic carbocycles. The SMILES string of the molecule is C=CCOC(=O)C(=[N+]=[N-])C(=O)C(SC(C)=O)C1NC(=O)C1C(C)(O[SiH](C)C)C(C)(C)C. The summed E-state index contributed by atoms with van der Waals surface area (Å²) in [6, 6.07) is -0.810. The van der Waals surface area contributed by atoms with E-state index >= 15 is 0 Å². The molecular weight excluding hydrogens is 438 g/mol. The average molecular weight is 470 g/mol. The number of hydrogen-bond donors (Lipinski definition) is 1. The second-order valence-corrected chi connectivity index (χ2v) is 12.4. The molecule has 11 heteroatoms. The first kappa shape index (κ1) is 27.0. The van der Waals surface area contributed by atoms with Crippen molar-refractivity contribution in [3.05, 3.63) is 18.2 Å². The number of carbonyl (C=O) groups is 4. The standard InChI is InChI=1S/C20H31N3O6SSi/c1-9-10-28-18(27)14(23-21)15(25)16(30-11(2)24)13-12(17(26)22-13)20(6,19(3,4)5)29-31(7)8/h9,12-13,16,31H,1,10H2,2-8H3,(H,22,26). The Kier molecular flexibility index (Phi) is 9.13. The number of ketones is 1. The molecule has 172 valence electrons. The Bertz CT molecular complexity index is 818. The van der Waals surface area contributed by atoms with Crippen LogP contribution in [0.15, 0.2) is 12.7 Å². The van der Waals surface area contributed by atoms with E-state index in [4.69, 9.17) is 9.16 Å². The molecule has 1 saturated heterocycles. The summed E-state index contributed by atoms with van der Waals surface area (Å²) in [5.41, 5.74) is 7.03. The van der Waals surface area contributed by atoms with E-state index in [0.717, 1.165) is 0 Å². The maximum Gasteiger partial charge on any atom is 0.442 e. The van der Waals surface area contributed by atoms with Gasteiger partial charge in [-0.3, -0.25) is 14.4 Å². The van der Waals surface area contributed by atoms with Crippen LogP contribution in [0, 0.1) is 11.3 Å². The van der Waals surface area contributed by atoms with Gasteiger partial charge in [0.1, 0.15) is 11.9 Å². The van der Waals surface area contributed by atoms with Gasteiger partial charge in [0.05, 0.1) is 17.6 Å². The van der Waals surface area contributed by atoms with Crippen LogP contribution in [0.4, 0.5) is 0 Å². The van der Waals surface area contributed by atoms with Crippen LogP contribution in [0.1, 0.15) is 34.6 Å². The van der Waals surface area contributed by atoms with Crippen molar-refractivity contribution in [2.45, 2.75) is 64.6 Å². The van der Waals surface area contributed by atoms with E-state index in [0.29, 0.717) is 11.8 Å². The van der Waals surface area contributed by atoms with Crippen LogP contribution in [-0.4, -0.2) is 65.8 Å². The molecule has 0 radical (unpaired) electrons. The van der Waals surface area contributed by atoms with E-state index in [1.807, 2.05) is 40.8 Å². The minimum absolute atomic E-state index is 0.187. The molecular formula is C20H31N3O6SSi. The number of carbonyl (C=O) groups excluding carboxylic acids is 4. The number of hydrogen-bond acceptors (Lipinski definition) is 7. The molecule has 0 spiro atoms. The largest absolute Gasteiger partial charge is 0.453 e. The molecule has 0 aromatic heterocycles. The molecule has 1 N–H and O–H groups in total. The van der Waals surface area contributed by atoms with Crippen molar-refractivity contribution >= 4 is 49.3 Å². The molecule has 4 unspecified atom stereocenters. The Morgan fingerprint density at radius 1 is 1.32 bits per heavy atom. The number of esters is 1. The Morgan fingerprint density at radius 2 is 1.90 bits per heavy atom. The van der Waals surface area contributed by atoms with Crippen molar-refractivity contribution < 1.29 is 33.1 Å². The van der Waals surface area contributed by atoms with E-state index in [2.05, 4.69) is 16.7 Å². The second-order valence-electron chi connectivity index (χ2n) is 8.77. The summed E-state index contributed by atoms with van der Waals surface area (Å²) in [7, 11) is -1.61. The van der Waals surface area contributed by atoms with Gasteiger partial charge in [-0.15, -0.1) is 0 Å². The number of β-lactam (4-membered cyclic amide) rings is 1. The zero-order valence-electron chi connectivity index (χ0n) is 19.1. The summed E-state index contributed by atoms with van der Waals surface area (Å²) in [5, 5.41) is 1.10. The van der Waals surface area contributed by atoms with Crippen LogP contribution >= 0.6 is 11.8 Å². The topological polar surface area (TPSA) is 135 Å². The van der Waals surface area contributed by atoms with Crippen molar-refractivity contribution in [2.75, 3.05) is 6.61 Å². The lowest BCUT2D eigenvalue weighted by molar-refractivity contribution is -0.159. The molecule has 1 rings (SSSR count). The first-order valence-electron chi connectivity index (χ1n) is 9.91. The van der Waals surface area contributed by atoms with Crippen molar-refractivity contribution in [2.24, 2.45) is 11.3 Å². The van der Waals surface area contributed by atoms with E-state index in [1.165, 1.54) is 13.0 Å². The maximum absolute atomic E-state index is 13.1. The first-order valence-corrected chi connectivity index (χ1v) is 13.6. The predicted octanol–water partition coefficient (Wildman–Crippen LogP) is 1.52. The number of Topliss-reactive ketones (excluding diaryl/α,β-unsaturated/α-hetero) is 1. The molecule has 9 nitrogen and oxygen atoms in total. The molecule has 4 atom stereocenters. The first-order chi connectivity index (χ1) is 14.2. The van der Waals surface area contributed by atoms with Gasteiger partial charge in [0, 0.05) is 6.92 Å². The number of thioether (sulfide) groups is 1. The Morgan fingerprint density at radius 3 is 2.29 bits per heavy atom. The zero-order chi connectivity index (χ0) is 24.1. The summed E-state index contributed by atoms with van der Waals surface area (Å²) in [6.45, 7) is 16.1. The fraction of sp³-hybridized carbons (Fsp3) is 0.650. The van der Waals surface area contributed by atoms with Crippen molar-refractivity contribution in [1.82, 2.24) is 5.32 Å². The summed E-state index contributed by atoms with van der Waals surface area (Å²) in [5.74, 6) is -3.12. The zero-order valence-corrected chi connectivity index (χ0v) is 21.0. The average Bonchev–Trinajstić information content (AvgIpc) is 2.61. The highest BCUT2D eigenvalue weighted by atomic mass is 32.2. The van der Waals surface area contributed by atoms with Gasteiger partial charge >= 0.3 is 11.7 Å². The summed E-state index contributed by atoms with van der Waals surface area (Å²) in [4.78, 5) is 52.7. The normalized spacial score (nSPS) is 21.1. The lowest BCUT2D eigenvalue weighted by Gasteiger charge is -2.55. The van der Waals surface area contributed by atoms with E-state index in [1.54, 1.807) is 0 Å². The Balaban J connectivity index is 3.41. The second kappa shape index (κ2) is 10.5. The lowest BCUT2D eigenvalue weighted by Crippen LogP contribution is -2.74. The highest BCUT2D eigenvalue weighted by molar-refractivity contribution is 8.14.